The van der Waals surface area contributed by atoms with Crippen molar-refractivity contribution >= 4 is 5.91 Å². The molecule has 1 aromatic rings. The van der Waals surface area contributed by atoms with Crippen LogP contribution in [0.15, 0.2) is 24.3 Å². The molecule has 1 amide bonds. The van der Waals surface area contributed by atoms with Crippen molar-refractivity contribution in [1.29, 1.82) is 0 Å². The van der Waals surface area contributed by atoms with Gasteiger partial charge in [0, 0.05) is 13.0 Å². The number of benzene rings is 1. The Hall–Kier alpha value is -1.51. The third kappa shape index (κ3) is 4.26. The molecule has 3 heteroatoms. The summed E-state index contributed by atoms with van der Waals surface area (Å²) >= 11 is 0. The molecule has 0 radical (unpaired) electrons. The van der Waals surface area contributed by atoms with Crippen molar-refractivity contribution in [3.05, 3.63) is 29.8 Å². The lowest BCUT2D eigenvalue weighted by Crippen LogP contribution is -2.25. The number of amides is 1. The van der Waals surface area contributed by atoms with Crippen LogP contribution in [0, 0.1) is 5.92 Å². The molecule has 0 spiro atoms. The van der Waals surface area contributed by atoms with E-state index in [1.165, 1.54) is 5.56 Å². The fourth-order valence-corrected chi connectivity index (χ4v) is 2.53. The zero-order valence-corrected chi connectivity index (χ0v) is 12.7. The first-order valence-electron chi connectivity index (χ1n) is 7.63. The number of hydrogen-bond acceptors (Lipinski definition) is 2. The molecule has 1 N–H and O–H groups in total. The number of ether oxygens (including phenoxy) is 1. The smallest absolute Gasteiger partial charge is 0.219 e. The van der Waals surface area contributed by atoms with E-state index >= 15 is 0 Å². The Morgan fingerprint density at radius 2 is 2.25 bits per heavy atom. The Bertz CT molecular complexity index is 456. The van der Waals surface area contributed by atoms with Crippen molar-refractivity contribution in [2.75, 3.05) is 6.54 Å². The summed E-state index contributed by atoms with van der Waals surface area (Å²) in [5.41, 5.74) is 1.33. The summed E-state index contributed by atoms with van der Waals surface area (Å²) in [6.45, 7) is 6.91. The van der Waals surface area contributed by atoms with Crippen LogP contribution in [0.5, 0.6) is 5.75 Å². The third-order valence-electron chi connectivity index (χ3n) is 3.62. The molecular formula is C17H25NO2. The van der Waals surface area contributed by atoms with E-state index in [-0.39, 0.29) is 12.0 Å². The van der Waals surface area contributed by atoms with Gasteiger partial charge in [-0.05, 0) is 56.2 Å². The highest BCUT2D eigenvalue weighted by atomic mass is 16.5. The van der Waals surface area contributed by atoms with Gasteiger partial charge in [0.05, 0.1) is 6.10 Å². The molecule has 2 atom stereocenters. The van der Waals surface area contributed by atoms with Gasteiger partial charge in [0.25, 0.3) is 0 Å². The largest absolute Gasteiger partial charge is 0.491 e. The first-order valence-corrected chi connectivity index (χ1v) is 7.63. The van der Waals surface area contributed by atoms with Gasteiger partial charge >= 0.3 is 0 Å². The van der Waals surface area contributed by atoms with E-state index in [1.54, 1.807) is 0 Å². The van der Waals surface area contributed by atoms with Crippen molar-refractivity contribution in [2.24, 2.45) is 5.92 Å². The molecule has 0 aliphatic heterocycles. The summed E-state index contributed by atoms with van der Waals surface area (Å²) in [6.07, 6.45) is 2.91. The van der Waals surface area contributed by atoms with Crippen molar-refractivity contribution in [3.8, 4) is 5.75 Å². The van der Waals surface area contributed by atoms with Gasteiger partial charge < -0.3 is 10.1 Å². The highest BCUT2D eigenvalue weighted by Gasteiger charge is 2.38. The van der Waals surface area contributed by atoms with Crippen LogP contribution < -0.4 is 10.1 Å². The summed E-state index contributed by atoms with van der Waals surface area (Å²) in [4.78, 5) is 11.5. The second-order valence-electron chi connectivity index (χ2n) is 5.90. The lowest BCUT2D eigenvalue weighted by molar-refractivity contribution is -0.121. The monoisotopic (exact) mass is 275 g/mol. The molecule has 2 unspecified atom stereocenters. The van der Waals surface area contributed by atoms with Crippen LogP contribution in [0.25, 0.3) is 0 Å². The predicted octanol–water partition coefficient (Wildman–Crippen LogP) is 3.49. The lowest BCUT2D eigenvalue weighted by Gasteiger charge is -2.11. The van der Waals surface area contributed by atoms with Crippen LogP contribution in [0.4, 0.5) is 0 Å². The number of carbonyl (C=O) groups is 1. The second kappa shape index (κ2) is 6.78. The summed E-state index contributed by atoms with van der Waals surface area (Å²) < 4.78 is 5.73. The molecule has 2 rings (SSSR count). The van der Waals surface area contributed by atoms with Gasteiger partial charge in [-0.1, -0.05) is 19.1 Å². The SMILES string of the molecule is CCCC(=O)NCC1CC1c1cccc(OC(C)C)c1. The van der Waals surface area contributed by atoms with Gasteiger partial charge in [0.15, 0.2) is 0 Å². The van der Waals surface area contributed by atoms with Crippen LogP contribution in [0.3, 0.4) is 0 Å². The standard InChI is InChI=1S/C17H25NO2/c1-4-6-17(19)18-11-14-10-16(14)13-7-5-8-15(9-13)20-12(2)3/h5,7-9,12,14,16H,4,6,10-11H2,1-3H3,(H,18,19). The molecule has 1 aliphatic rings. The minimum absolute atomic E-state index is 0.176. The fraction of sp³-hybridized carbons (Fsp3) is 0.588. The van der Waals surface area contributed by atoms with E-state index in [4.69, 9.17) is 4.74 Å². The summed E-state index contributed by atoms with van der Waals surface area (Å²) in [7, 11) is 0. The highest BCUT2D eigenvalue weighted by Crippen LogP contribution is 2.47. The van der Waals surface area contributed by atoms with Crippen molar-refractivity contribution < 1.29 is 9.53 Å². The molecular weight excluding hydrogens is 250 g/mol. The summed E-state index contributed by atoms with van der Waals surface area (Å²) in [5, 5.41) is 3.02. The quantitative estimate of drug-likeness (QED) is 0.827. The molecule has 3 nitrogen and oxygen atoms in total. The average molecular weight is 275 g/mol. The first kappa shape index (κ1) is 14.9. The Morgan fingerprint density at radius 3 is 2.95 bits per heavy atom. The molecule has 1 fully saturated rings. The molecule has 20 heavy (non-hydrogen) atoms. The Labute approximate surface area is 121 Å². The van der Waals surface area contributed by atoms with Crippen molar-refractivity contribution in [1.82, 2.24) is 5.32 Å². The first-order chi connectivity index (χ1) is 9.60. The minimum atomic E-state index is 0.176. The van der Waals surface area contributed by atoms with Crippen LogP contribution in [0.1, 0.15) is 51.5 Å². The maximum atomic E-state index is 11.5. The predicted molar refractivity (Wildman–Crippen MR) is 81.0 cm³/mol. The second-order valence-corrected chi connectivity index (χ2v) is 5.90. The third-order valence-corrected chi connectivity index (χ3v) is 3.62. The summed E-state index contributed by atoms with van der Waals surface area (Å²) in [5.74, 6) is 2.28. The molecule has 0 bridgehead atoms. The molecule has 1 aromatic carbocycles. The van der Waals surface area contributed by atoms with Crippen molar-refractivity contribution in [2.45, 2.75) is 52.1 Å². The van der Waals surface area contributed by atoms with Gasteiger partial charge in [-0.3, -0.25) is 4.79 Å². The van der Waals surface area contributed by atoms with Gasteiger partial charge in [-0.15, -0.1) is 0 Å². The normalized spacial score (nSPS) is 20.8. The van der Waals surface area contributed by atoms with Gasteiger partial charge in [-0.25, -0.2) is 0 Å². The Kier molecular flexibility index (Phi) is 5.05. The van der Waals surface area contributed by atoms with E-state index in [9.17, 15) is 4.79 Å². The molecule has 0 saturated heterocycles. The van der Waals surface area contributed by atoms with Crippen LogP contribution in [-0.2, 0) is 4.79 Å². The Balaban J connectivity index is 1.83. The van der Waals surface area contributed by atoms with Crippen LogP contribution in [-0.4, -0.2) is 18.6 Å². The molecule has 1 aliphatic carbocycles. The van der Waals surface area contributed by atoms with Gasteiger partial charge in [0.1, 0.15) is 5.75 Å². The topological polar surface area (TPSA) is 38.3 Å². The minimum Gasteiger partial charge on any atom is -0.491 e. The van der Waals surface area contributed by atoms with Crippen molar-refractivity contribution in [3.63, 3.8) is 0 Å². The van der Waals surface area contributed by atoms with E-state index < -0.39 is 0 Å². The van der Waals surface area contributed by atoms with E-state index in [0.29, 0.717) is 18.3 Å². The zero-order valence-electron chi connectivity index (χ0n) is 12.7. The Morgan fingerprint density at radius 1 is 1.45 bits per heavy atom. The highest BCUT2D eigenvalue weighted by molar-refractivity contribution is 5.75. The number of hydrogen-bond donors (Lipinski definition) is 1. The average Bonchev–Trinajstić information content (AvgIpc) is 3.16. The van der Waals surface area contributed by atoms with Crippen LogP contribution in [0.2, 0.25) is 0 Å². The molecule has 0 aromatic heterocycles. The molecule has 0 heterocycles. The maximum Gasteiger partial charge on any atom is 0.219 e. The van der Waals surface area contributed by atoms with E-state index in [2.05, 4.69) is 23.5 Å². The molecule has 1 saturated carbocycles. The zero-order chi connectivity index (χ0) is 14.5. The number of nitrogens with one attached hydrogen (secondary N) is 1. The lowest BCUT2D eigenvalue weighted by atomic mass is 10.1. The van der Waals surface area contributed by atoms with E-state index in [1.807, 2.05) is 26.8 Å². The van der Waals surface area contributed by atoms with E-state index in [0.717, 1.165) is 25.1 Å². The maximum absolute atomic E-state index is 11.5. The number of rotatable bonds is 7. The van der Waals surface area contributed by atoms with Crippen LogP contribution >= 0.6 is 0 Å². The molecule has 110 valence electrons. The summed E-state index contributed by atoms with van der Waals surface area (Å²) in [6, 6.07) is 8.35. The van der Waals surface area contributed by atoms with Gasteiger partial charge in [-0.2, -0.15) is 0 Å². The van der Waals surface area contributed by atoms with Gasteiger partial charge in [0.2, 0.25) is 5.91 Å². The number of carbonyl (C=O) groups excluding carboxylic acids is 1. The fourth-order valence-electron chi connectivity index (χ4n) is 2.53.